The Bertz CT molecular complexity index is 611. The van der Waals surface area contributed by atoms with Crippen molar-refractivity contribution in [2.45, 2.75) is 31.8 Å². The number of hydrogen-bond acceptors (Lipinski definition) is 5. The fourth-order valence-electron chi connectivity index (χ4n) is 2.71. The van der Waals surface area contributed by atoms with Crippen molar-refractivity contribution in [1.29, 1.82) is 0 Å². The molecule has 1 saturated heterocycles. The van der Waals surface area contributed by atoms with E-state index in [0.29, 0.717) is 0 Å². The largest absolute Gasteiger partial charge is 0.341 e. The van der Waals surface area contributed by atoms with Gasteiger partial charge in [0, 0.05) is 36.4 Å². The van der Waals surface area contributed by atoms with Gasteiger partial charge in [-0.15, -0.1) is 11.3 Å². The number of thiophene rings is 1. The number of aromatic nitrogens is 2. The Morgan fingerprint density at radius 2 is 2.04 bits per heavy atom. The van der Waals surface area contributed by atoms with Gasteiger partial charge in [-0.25, -0.2) is 14.8 Å². The lowest BCUT2D eigenvalue weighted by molar-refractivity contribution is 0.231. The number of nitrogens with zero attached hydrogens (tertiary/aromatic N) is 3. The number of amides is 2. The van der Waals surface area contributed by atoms with Crippen LogP contribution in [0.2, 0.25) is 0 Å². The van der Waals surface area contributed by atoms with Crippen LogP contribution in [-0.2, 0) is 0 Å². The molecule has 23 heavy (non-hydrogen) atoms. The summed E-state index contributed by atoms with van der Waals surface area (Å²) in [6.07, 6.45) is 5.32. The van der Waals surface area contributed by atoms with Crippen molar-refractivity contribution in [2.24, 2.45) is 0 Å². The van der Waals surface area contributed by atoms with Crippen LogP contribution in [0, 0.1) is 0 Å². The first-order chi connectivity index (χ1) is 11.2. The van der Waals surface area contributed by atoms with Gasteiger partial charge in [0.05, 0.1) is 6.04 Å². The molecule has 1 aliphatic heterocycles. The van der Waals surface area contributed by atoms with E-state index in [2.05, 4.69) is 25.5 Å². The quantitative estimate of drug-likeness (QED) is 0.903. The molecule has 2 amide bonds. The Hall–Kier alpha value is -2.15. The molecule has 1 aliphatic rings. The molecule has 7 heteroatoms. The first kappa shape index (κ1) is 15.7. The summed E-state index contributed by atoms with van der Waals surface area (Å²) in [5, 5.41) is 8.09. The second kappa shape index (κ2) is 7.41. The molecule has 0 aromatic carbocycles. The smallest absolute Gasteiger partial charge is 0.315 e. The van der Waals surface area contributed by atoms with Gasteiger partial charge in [0.15, 0.2) is 0 Å². The van der Waals surface area contributed by atoms with Crippen molar-refractivity contribution in [1.82, 2.24) is 20.6 Å². The average molecular weight is 331 g/mol. The molecule has 2 aromatic rings. The van der Waals surface area contributed by atoms with E-state index in [1.165, 1.54) is 0 Å². The Morgan fingerprint density at radius 3 is 2.70 bits per heavy atom. The second-order valence-electron chi connectivity index (χ2n) is 5.67. The van der Waals surface area contributed by atoms with Crippen molar-refractivity contribution in [3.63, 3.8) is 0 Å². The first-order valence-electron chi connectivity index (χ1n) is 7.85. The minimum Gasteiger partial charge on any atom is -0.341 e. The van der Waals surface area contributed by atoms with Gasteiger partial charge in [-0.3, -0.25) is 0 Å². The van der Waals surface area contributed by atoms with Gasteiger partial charge in [0.2, 0.25) is 5.95 Å². The minimum absolute atomic E-state index is 0.0350. The fourth-order valence-corrected chi connectivity index (χ4v) is 3.45. The van der Waals surface area contributed by atoms with E-state index in [1.807, 2.05) is 30.5 Å². The van der Waals surface area contributed by atoms with Crippen LogP contribution in [0.4, 0.5) is 10.7 Å². The number of rotatable bonds is 4. The van der Waals surface area contributed by atoms with Gasteiger partial charge in [-0.2, -0.15) is 0 Å². The molecule has 122 valence electrons. The molecule has 1 fully saturated rings. The zero-order valence-electron chi connectivity index (χ0n) is 13.1. The van der Waals surface area contributed by atoms with Crippen molar-refractivity contribution in [3.05, 3.63) is 40.8 Å². The standard InChI is InChI=1S/C16H21N5OS/c1-12(14-4-2-11-23-14)19-16(22)20-13-5-9-21(10-6-13)15-17-7-3-8-18-15/h2-4,7-8,11-13H,5-6,9-10H2,1H3,(H2,19,20,22)/t12-/m1/s1. The molecule has 3 heterocycles. The first-order valence-corrected chi connectivity index (χ1v) is 8.73. The van der Waals surface area contributed by atoms with E-state index in [-0.39, 0.29) is 18.1 Å². The number of carbonyl (C=O) groups is 1. The van der Waals surface area contributed by atoms with E-state index in [1.54, 1.807) is 23.7 Å². The van der Waals surface area contributed by atoms with Crippen LogP contribution >= 0.6 is 11.3 Å². The highest BCUT2D eigenvalue weighted by molar-refractivity contribution is 7.10. The molecule has 0 unspecified atom stereocenters. The minimum atomic E-state index is -0.0969. The van der Waals surface area contributed by atoms with E-state index in [9.17, 15) is 4.79 Å². The maximum Gasteiger partial charge on any atom is 0.315 e. The van der Waals surface area contributed by atoms with Gasteiger partial charge in [0.25, 0.3) is 0 Å². The molecule has 0 spiro atoms. The molecule has 1 atom stereocenters. The number of carbonyl (C=O) groups excluding carboxylic acids is 1. The number of piperidine rings is 1. The fraction of sp³-hybridized carbons (Fsp3) is 0.438. The molecule has 2 aromatic heterocycles. The van der Waals surface area contributed by atoms with Gasteiger partial charge in [-0.05, 0) is 37.3 Å². The molecular weight excluding hydrogens is 310 g/mol. The third-order valence-corrected chi connectivity index (χ3v) is 5.04. The maximum atomic E-state index is 12.1. The van der Waals surface area contributed by atoms with Crippen LogP contribution in [0.15, 0.2) is 36.0 Å². The number of urea groups is 1. The number of hydrogen-bond donors (Lipinski definition) is 2. The SMILES string of the molecule is C[C@@H](NC(=O)NC1CCN(c2ncccn2)CC1)c1cccs1. The van der Waals surface area contributed by atoms with E-state index in [4.69, 9.17) is 0 Å². The monoisotopic (exact) mass is 331 g/mol. The Kier molecular flexibility index (Phi) is 5.07. The predicted octanol–water partition coefficient (Wildman–Crippen LogP) is 2.57. The number of nitrogens with one attached hydrogen (secondary N) is 2. The summed E-state index contributed by atoms with van der Waals surface area (Å²) in [5.41, 5.74) is 0. The summed E-state index contributed by atoms with van der Waals surface area (Å²) < 4.78 is 0. The normalized spacial score (nSPS) is 16.8. The third-order valence-electron chi connectivity index (χ3n) is 3.98. The van der Waals surface area contributed by atoms with Crippen LogP contribution in [0.1, 0.15) is 30.7 Å². The van der Waals surface area contributed by atoms with Crippen LogP contribution < -0.4 is 15.5 Å². The van der Waals surface area contributed by atoms with Gasteiger partial charge in [-0.1, -0.05) is 6.07 Å². The number of anilines is 1. The predicted molar refractivity (Wildman–Crippen MR) is 91.7 cm³/mol. The summed E-state index contributed by atoms with van der Waals surface area (Å²) in [4.78, 5) is 24.0. The van der Waals surface area contributed by atoms with Crippen LogP contribution in [0.3, 0.4) is 0 Å². The molecule has 0 saturated carbocycles. The lowest BCUT2D eigenvalue weighted by atomic mass is 10.1. The molecule has 6 nitrogen and oxygen atoms in total. The molecular formula is C16H21N5OS. The van der Waals surface area contributed by atoms with Crippen molar-refractivity contribution in [3.8, 4) is 0 Å². The maximum absolute atomic E-state index is 12.1. The lowest BCUT2D eigenvalue weighted by Gasteiger charge is -2.32. The summed E-state index contributed by atoms with van der Waals surface area (Å²) >= 11 is 1.65. The summed E-state index contributed by atoms with van der Waals surface area (Å²) in [5.74, 6) is 0.765. The molecule has 2 N–H and O–H groups in total. The highest BCUT2D eigenvalue weighted by Gasteiger charge is 2.22. The summed E-state index contributed by atoms with van der Waals surface area (Å²) in [6.45, 7) is 3.71. The molecule has 0 radical (unpaired) electrons. The average Bonchev–Trinajstić information content (AvgIpc) is 3.11. The molecule has 0 bridgehead atoms. The zero-order chi connectivity index (χ0) is 16.1. The van der Waals surface area contributed by atoms with Crippen LogP contribution in [0.5, 0.6) is 0 Å². The van der Waals surface area contributed by atoms with Gasteiger partial charge < -0.3 is 15.5 Å². The van der Waals surface area contributed by atoms with Crippen molar-refractivity contribution >= 4 is 23.3 Å². The van der Waals surface area contributed by atoms with Crippen molar-refractivity contribution in [2.75, 3.05) is 18.0 Å². The topological polar surface area (TPSA) is 70.2 Å². The van der Waals surface area contributed by atoms with Gasteiger partial charge in [0.1, 0.15) is 0 Å². The van der Waals surface area contributed by atoms with Gasteiger partial charge >= 0.3 is 6.03 Å². The highest BCUT2D eigenvalue weighted by atomic mass is 32.1. The third kappa shape index (κ3) is 4.19. The second-order valence-corrected chi connectivity index (χ2v) is 6.64. The van der Waals surface area contributed by atoms with Crippen molar-refractivity contribution < 1.29 is 4.79 Å². The summed E-state index contributed by atoms with van der Waals surface area (Å²) in [6, 6.07) is 5.99. The zero-order valence-corrected chi connectivity index (χ0v) is 13.9. The Balaban J connectivity index is 1.44. The highest BCUT2D eigenvalue weighted by Crippen LogP contribution is 2.18. The van der Waals surface area contributed by atoms with E-state index in [0.717, 1.165) is 36.8 Å². The Labute approximate surface area is 140 Å². The summed E-state index contributed by atoms with van der Waals surface area (Å²) in [7, 11) is 0. The molecule has 3 rings (SSSR count). The molecule has 0 aliphatic carbocycles. The Morgan fingerprint density at radius 1 is 1.30 bits per heavy atom. The van der Waals surface area contributed by atoms with E-state index >= 15 is 0 Å². The van der Waals surface area contributed by atoms with Crippen LogP contribution in [0.25, 0.3) is 0 Å². The van der Waals surface area contributed by atoms with E-state index < -0.39 is 0 Å². The lowest BCUT2D eigenvalue weighted by Crippen LogP contribution is -2.48. The van der Waals surface area contributed by atoms with Crippen LogP contribution in [-0.4, -0.2) is 35.1 Å².